The zero-order chi connectivity index (χ0) is 13.8. The second-order valence-electron chi connectivity index (χ2n) is 4.82. The minimum atomic E-state index is 0.00148. The summed E-state index contributed by atoms with van der Waals surface area (Å²) in [4.78, 5) is 14.4. The summed E-state index contributed by atoms with van der Waals surface area (Å²) >= 11 is 12.0. The maximum atomic E-state index is 12.3. The van der Waals surface area contributed by atoms with Gasteiger partial charge in [0.1, 0.15) is 0 Å². The van der Waals surface area contributed by atoms with Crippen molar-refractivity contribution in [2.75, 3.05) is 26.2 Å². The van der Waals surface area contributed by atoms with Crippen LogP contribution in [0, 0.1) is 0 Å². The fourth-order valence-electron chi connectivity index (χ4n) is 2.22. The lowest BCUT2D eigenvalue weighted by molar-refractivity contribution is 0.0657. The first kappa shape index (κ1) is 14.8. The average molecular weight is 302 g/mol. The lowest BCUT2D eigenvalue weighted by atomic mass is 10.1. The molecule has 0 radical (unpaired) electrons. The van der Waals surface area contributed by atoms with Gasteiger partial charge >= 0.3 is 0 Å². The van der Waals surface area contributed by atoms with Crippen LogP contribution in [0.25, 0.3) is 0 Å². The third-order valence-electron chi connectivity index (χ3n) is 3.13. The Morgan fingerprint density at radius 3 is 3.05 bits per heavy atom. The molecule has 1 heterocycles. The topological polar surface area (TPSA) is 29.5 Å². The standard InChI is InChI=1S/C14H17Cl2NO2/c1-10-8-17(5-2-6-19-10)9-14(18)12-7-11(15)3-4-13(12)16/h3-4,7,10H,2,5-6,8-9H2,1H3. The van der Waals surface area contributed by atoms with Crippen LogP contribution in [0.1, 0.15) is 23.7 Å². The molecule has 2 rings (SSSR count). The maximum absolute atomic E-state index is 12.3. The van der Waals surface area contributed by atoms with Gasteiger partial charge < -0.3 is 4.74 Å². The summed E-state index contributed by atoms with van der Waals surface area (Å²) in [7, 11) is 0. The molecular weight excluding hydrogens is 285 g/mol. The fraction of sp³-hybridized carbons (Fsp3) is 0.500. The van der Waals surface area contributed by atoms with Crippen molar-refractivity contribution in [1.82, 2.24) is 4.90 Å². The van der Waals surface area contributed by atoms with Crippen LogP contribution in [0.4, 0.5) is 0 Å². The number of nitrogens with zero attached hydrogens (tertiary/aromatic N) is 1. The number of ether oxygens (including phenoxy) is 1. The molecule has 1 aliphatic rings. The van der Waals surface area contributed by atoms with Crippen molar-refractivity contribution in [3.05, 3.63) is 33.8 Å². The largest absolute Gasteiger partial charge is 0.377 e. The van der Waals surface area contributed by atoms with E-state index in [-0.39, 0.29) is 11.9 Å². The van der Waals surface area contributed by atoms with E-state index in [4.69, 9.17) is 27.9 Å². The van der Waals surface area contributed by atoms with E-state index < -0.39 is 0 Å². The molecule has 5 heteroatoms. The Balaban J connectivity index is 2.05. The van der Waals surface area contributed by atoms with E-state index in [1.807, 2.05) is 6.92 Å². The van der Waals surface area contributed by atoms with E-state index in [1.165, 1.54) is 0 Å². The molecule has 1 aromatic rings. The van der Waals surface area contributed by atoms with Crippen molar-refractivity contribution in [1.29, 1.82) is 0 Å². The van der Waals surface area contributed by atoms with E-state index in [2.05, 4.69) is 4.90 Å². The SMILES string of the molecule is CC1CN(CC(=O)c2cc(Cl)ccc2Cl)CCCO1. The molecule has 1 fully saturated rings. The molecule has 3 nitrogen and oxygen atoms in total. The monoisotopic (exact) mass is 301 g/mol. The van der Waals surface area contributed by atoms with Gasteiger partial charge in [-0.25, -0.2) is 0 Å². The number of Topliss-reactive ketones (excluding diaryl/α,β-unsaturated/α-hetero) is 1. The third-order valence-corrected chi connectivity index (χ3v) is 3.70. The number of hydrogen-bond donors (Lipinski definition) is 0. The molecule has 1 aliphatic heterocycles. The van der Waals surface area contributed by atoms with Crippen LogP contribution < -0.4 is 0 Å². The highest BCUT2D eigenvalue weighted by Crippen LogP contribution is 2.21. The Morgan fingerprint density at radius 2 is 2.26 bits per heavy atom. The number of hydrogen-bond acceptors (Lipinski definition) is 3. The molecule has 1 atom stereocenters. The highest BCUT2D eigenvalue weighted by Gasteiger charge is 2.19. The van der Waals surface area contributed by atoms with Crippen molar-refractivity contribution in [3.63, 3.8) is 0 Å². The Morgan fingerprint density at radius 1 is 1.47 bits per heavy atom. The second-order valence-corrected chi connectivity index (χ2v) is 5.66. The summed E-state index contributed by atoms with van der Waals surface area (Å²) in [6.07, 6.45) is 1.10. The Hall–Kier alpha value is -0.610. The lowest BCUT2D eigenvalue weighted by Crippen LogP contribution is -2.34. The van der Waals surface area contributed by atoms with E-state index in [1.54, 1.807) is 18.2 Å². The van der Waals surface area contributed by atoms with Gasteiger partial charge in [0, 0.05) is 30.3 Å². The van der Waals surface area contributed by atoms with Gasteiger partial charge in [-0.1, -0.05) is 23.2 Å². The first-order valence-electron chi connectivity index (χ1n) is 6.38. The smallest absolute Gasteiger partial charge is 0.178 e. The van der Waals surface area contributed by atoms with Crippen LogP contribution >= 0.6 is 23.2 Å². The van der Waals surface area contributed by atoms with Gasteiger partial charge in [-0.05, 0) is 31.5 Å². The Bertz CT molecular complexity index is 465. The first-order valence-corrected chi connectivity index (χ1v) is 7.14. The predicted octanol–water partition coefficient (Wildman–Crippen LogP) is 3.29. The summed E-state index contributed by atoms with van der Waals surface area (Å²) in [6.45, 7) is 4.77. The van der Waals surface area contributed by atoms with Crippen molar-refractivity contribution in [2.24, 2.45) is 0 Å². The molecule has 0 spiro atoms. The van der Waals surface area contributed by atoms with E-state index in [0.717, 1.165) is 26.1 Å². The molecule has 19 heavy (non-hydrogen) atoms. The van der Waals surface area contributed by atoms with E-state index in [0.29, 0.717) is 22.2 Å². The molecular formula is C14H17Cl2NO2. The van der Waals surface area contributed by atoms with Crippen LogP contribution in [0.15, 0.2) is 18.2 Å². The molecule has 0 aliphatic carbocycles. The summed E-state index contributed by atoms with van der Waals surface area (Å²) in [6, 6.07) is 4.97. The zero-order valence-corrected chi connectivity index (χ0v) is 12.4. The van der Waals surface area contributed by atoms with Gasteiger partial charge in [-0.2, -0.15) is 0 Å². The molecule has 1 unspecified atom stereocenters. The highest BCUT2D eigenvalue weighted by atomic mass is 35.5. The third kappa shape index (κ3) is 4.18. The molecule has 0 N–H and O–H groups in total. The number of benzene rings is 1. The van der Waals surface area contributed by atoms with Gasteiger partial charge in [0.05, 0.1) is 17.7 Å². The number of carbonyl (C=O) groups excluding carboxylic acids is 1. The Kier molecular flexibility index (Phi) is 5.22. The molecule has 104 valence electrons. The van der Waals surface area contributed by atoms with Gasteiger partial charge in [0.2, 0.25) is 0 Å². The van der Waals surface area contributed by atoms with Crippen molar-refractivity contribution in [3.8, 4) is 0 Å². The highest BCUT2D eigenvalue weighted by molar-refractivity contribution is 6.36. The molecule has 0 bridgehead atoms. The van der Waals surface area contributed by atoms with Crippen molar-refractivity contribution >= 4 is 29.0 Å². The van der Waals surface area contributed by atoms with Crippen LogP contribution in [-0.4, -0.2) is 43.0 Å². The molecule has 1 saturated heterocycles. The number of rotatable bonds is 3. The summed E-state index contributed by atoms with van der Waals surface area (Å²) in [5.74, 6) is 0.00148. The number of ketones is 1. The summed E-state index contributed by atoms with van der Waals surface area (Å²) in [5, 5.41) is 0.980. The Labute approximate surface area is 123 Å². The minimum absolute atomic E-state index is 0.00148. The first-order chi connectivity index (χ1) is 9.06. The molecule has 1 aromatic carbocycles. The average Bonchev–Trinajstić information content (AvgIpc) is 2.56. The minimum Gasteiger partial charge on any atom is -0.377 e. The normalized spacial score (nSPS) is 21.1. The van der Waals surface area contributed by atoms with Gasteiger partial charge in [-0.3, -0.25) is 9.69 Å². The quantitative estimate of drug-likeness (QED) is 0.803. The van der Waals surface area contributed by atoms with E-state index >= 15 is 0 Å². The van der Waals surface area contributed by atoms with Crippen LogP contribution in [0.2, 0.25) is 10.0 Å². The number of halogens is 2. The van der Waals surface area contributed by atoms with Crippen molar-refractivity contribution in [2.45, 2.75) is 19.4 Å². The van der Waals surface area contributed by atoms with Crippen LogP contribution in [0.3, 0.4) is 0 Å². The molecule has 0 saturated carbocycles. The van der Waals surface area contributed by atoms with Crippen LogP contribution in [-0.2, 0) is 4.74 Å². The second kappa shape index (κ2) is 6.71. The predicted molar refractivity (Wildman–Crippen MR) is 77.3 cm³/mol. The number of carbonyl (C=O) groups is 1. The van der Waals surface area contributed by atoms with Gasteiger partial charge in [0.15, 0.2) is 5.78 Å². The molecule has 0 amide bonds. The maximum Gasteiger partial charge on any atom is 0.178 e. The summed E-state index contributed by atoms with van der Waals surface area (Å²) in [5.41, 5.74) is 0.493. The van der Waals surface area contributed by atoms with Crippen LogP contribution in [0.5, 0.6) is 0 Å². The van der Waals surface area contributed by atoms with Gasteiger partial charge in [0.25, 0.3) is 0 Å². The van der Waals surface area contributed by atoms with E-state index in [9.17, 15) is 4.79 Å². The van der Waals surface area contributed by atoms with Gasteiger partial charge in [-0.15, -0.1) is 0 Å². The van der Waals surface area contributed by atoms with Crippen molar-refractivity contribution < 1.29 is 9.53 Å². The fourth-order valence-corrected chi connectivity index (χ4v) is 2.62. The zero-order valence-electron chi connectivity index (χ0n) is 10.9. The summed E-state index contributed by atoms with van der Waals surface area (Å²) < 4.78 is 5.56. The lowest BCUT2D eigenvalue weighted by Gasteiger charge is -2.21. The molecule has 0 aromatic heterocycles.